The largest absolute Gasteiger partial charge is 0.465 e. The minimum absolute atomic E-state index is 0.0788. The van der Waals surface area contributed by atoms with Gasteiger partial charge in [0.05, 0.1) is 6.61 Å². The highest BCUT2D eigenvalue weighted by molar-refractivity contribution is 5.69. The highest BCUT2D eigenvalue weighted by Gasteiger charge is 2.02. The summed E-state index contributed by atoms with van der Waals surface area (Å²) in [4.78, 5) is 10.6. The first-order valence-corrected chi connectivity index (χ1v) is 3.68. The second-order valence-corrected chi connectivity index (χ2v) is 2.24. The molecule has 0 fully saturated rings. The van der Waals surface area contributed by atoms with Crippen LogP contribution in [0.25, 0.3) is 0 Å². The monoisotopic (exact) mass is 162 g/mol. The van der Waals surface area contributed by atoms with Crippen LogP contribution in [0.5, 0.6) is 0 Å². The van der Waals surface area contributed by atoms with Gasteiger partial charge in [0.25, 0.3) is 0 Å². The number of esters is 1. The number of hydrogen-bond acceptors (Lipinski definition) is 4. The summed E-state index contributed by atoms with van der Waals surface area (Å²) in [5, 5.41) is 16.7. The molecule has 0 saturated heterocycles. The highest BCUT2D eigenvalue weighted by Crippen LogP contribution is 1.93. The van der Waals surface area contributed by atoms with Gasteiger partial charge in [-0.25, -0.2) is 0 Å². The summed E-state index contributed by atoms with van der Waals surface area (Å²) in [6.45, 7) is 1.96. The van der Waals surface area contributed by atoms with Crippen molar-refractivity contribution in [2.24, 2.45) is 0 Å². The molecule has 0 spiro atoms. The molecule has 66 valence electrons. The molecule has 0 aromatic carbocycles. The third kappa shape index (κ3) is 7.29. The third-order valence-electron chi connectivity index (χ3n) is 1.09. The second-order valence-electron chi connectivity index (χ2n) is 2.24. The van der Waals surface area contributed by atoms with Crippen molar-refractivity contribution in [3.05, 3.63) is 0 Å². The van der Waals surface area contributed by atoms with Crippen molar-refractivity contribution >= 4 is 5.97 Å². The maximum atomic E-state index is 10.6. The molecular formula is C7H14O4. The number of carbonyl (C=O) groups is 1. The summed E-state index contributed by atoms with van der Waals surface area (Å²) >= 11 is 0. The molecule has 4 heteroatoms. The Hall–Kier alpha value is -0.610. The molecule has 0 aliphatic heterocycles. The van der Waals surface area contributed by atoms with Crippen molar-refractivity contribution in [1.82, 2.24) is 0 Å². The summed E-state index contributed by atoms with van der Waals surface area (Å²) in [6.07, 6.45) is -0.165. The highest BCUT2D eigenvalue weighted by atomic mass is 16.5. The lowest BCUT2D eigenvalue weighted by atomic mass is 10.3. The normalized spacial score (nSPS) is 10.2. The quantitative estimate of drug-likeness (QED) is 0.442. The maximum Gasteiger partial charge on any atom is 0.305 e. The number of hydrogen-bond donors (Lipinski definition) is 2. The van der Waals surface area contributed by atoms with E-state index in [-0.39, 0.29) is 19.0 Å². The Balaban J connectivity index is 3.17. The van der Waals surface area contributed by atoms with Gasteiger partial charge in [-0.3, -0.25) is 4.79 Å². The number of rotatable bonds is 5. The lowest BCUT2D eigenvalue weighted by Gasteiger charge is -2.04. The molecule has 0 bridgehead atoms. The molecule has 0 unspecified atom stereocenters. The standard InChI is InChI=1S/C7H14O4/c1-2-3-7(10)11-5-4-6(8)9/h6,8-9H,2-5H2,1H3. The molecule has 2 N–H and O–H groups in total. The molecule has 0 saturated carbocycles. The smallest absolute Gasteiger partial charge is 0.305 e. The van der Waals surface area contributed by atoms with E-state index in [1.807, 2.05) is 6.92 Å². The van der Waals surface area contributed by atoms with Gasteiger partial charge in [0, 0.05) is 12.8 Å². The van der Waals surface area contributed by atoms with E-state index in [9.17, 15) is 4.79 Å². The number of carbonyl (C=O) groups excluding carboxylic acids is 1. The average Bonchev–Trinajstić information content (AvgIpc) is 1.87. The summed E-state index contributed by atoms with van der Waals surface area (Å²) in [5.41, 5.74) is 0. The van der Waals surface area contributed by atoms with Crippen LogP contribution in [0.1, 0.15) is 26.2 Å². The van der Waals surface area contributed by atoms with Crippen molar-refractivity contribution in [1.29, 1.82) is 0 Å². The fraction of sp³-hybridized carbons (Fsp3) is 0.857. The minimum atomic E-state index is -1.38. The Labute approximate surface area is 65.8 Å². The predicted molar refractivity (Wildman–Crippen MR) is 38.7 cm³/mol. The van der Waals surface area contributed by atoms with Crippen molar-refractivity contribution in [3.63, 3.8) is 0 Å². The second kappa shape index (κ2) is 6.12. The van der Waals surface area contributed by atoms with Crippen LogP contribution in [0.15, 0.2) is 0 Å². The molecule has 0 amide bonds. The Bertz CT molecular complexity index is 111. The molecule has 0 radical (unpaired) electrons. The average molecular weight is 162 g/mol. The van der Waals surface area contributed by atoms with E-state index in [1.54, 1.807) is 0 Å². The van der Waals surface area contributed by atoms with Crippen LogP contribution in [0.3, 0.4) is 0 Å². The van der Waals surface area contributed by atoms with Gasteiger partial charge in [-0.15, -0.1) is 0 Å². The fourth-order valence-corrected chi connectivity index (χ4v) is 0.554. The van der Waals surface area contributed by atoms with Crippen LogP contribution < -0.4 is 0 Å². The van der Waals surface area contributed by atoms with E-state index < -0.39 is 6.29 Å². The van der Waals surface area contributed by atoms with Crippen molar-refractivity contribution in [2.75, 3.05) is 6.61 Å². The van der Waals surface area contributed by atoms with Crippen LogP contribution >= 0.6 is 0 Å². The van der Waals surface area contributed by atoms with E-state index in [0.29, 0.717) is 6.42 Å². The van der Waals surface area contributed by atoms with Gasteiger partial charge < -0.3 is 14.9 Å². The topological polar surface area (TPSA) is 66.8 Å². The van der Waals surface area contributed by atoms with Gasteiger partial charge in [-0.1, -0.05) is 6.92 Å². The summed E-state index contributed by atoms with van der Waals surface area (Å²) in [5.74, 6) is -0.284. The molecule has 0 aromatic heterocycles. The number of aliphatic hydroxyl groups is 2. The number of ether oxygens (including phenoxy) is 1. The molecule has 0 rings (SSSR count). The Morgan fingerprint density at radius 2 is 2.18 bits per heavy atom. The Kier molecular flexibility index (Phi) is 5.78. The van der Waals surface area contributed by atoms with Crippen molar-refractivity contribution in [3.8, 4) is 0 Å². The van der Waals surface area contributed by atoms with Gasteiger partial charge in [-0.2, -0.15) is 0 Å². The first-order chi connectivity index (χ1) is 5.16. The molecule has 0 atom stereocenters. The van der Waals surface area contributed by atoms with Gasteiger partial charge in [0.1, 0.15) is 0 Å². The Morgan fingerprint density at radius 3 is 2.64 bits per heavy atom. The maximum absolute atomic E-state index is 10.6. The molecular weight excluding hydrogens is 148 g/mol. The molecule has 4 nitrogen and oxygen atoms in total. The SMILES string of the molecule is CCCC(=O)OCCC(O)O. The first kappa shape index (κ1) is 10.4. The van der Waals surface area contributed by atoms with E-state index in [0.717, 1.165) is 6.42 Å². The first-order valence-electron chi connectivity index (χ1n) is 3.68. The Morgan fingerprint density at radius 1 is 1.55 bits per heavy atom. The predicted octanol–water partition coefficient (Wildman–Crippen LogP) is 0.0305. The molecule has 0 aliphatic rings. The summed E-state index contributed by atoms with van der Waals surface area (Å²) < 4.78 is 4.63. The zero-order valence-electron chi connectivity index (χ0n) is 6.62. The summed E-state index contributed by atoms with van der Waals surface area (Å²) in [6, 6.07) is 0. The van der Waals surface area contributed by atoms with Crippen LogP contribution in [0.2, 0.25) is 0 Å². The van der Waals surface area contributed by atoms with Crippen LogP contribution in [-0.2, 0) is 9.53 Å². The summed E-state index contributed by atoms with van der Waals surface area (Å²) in [7, 11) is 0. The van der Waals surface area contributed by atoms with Crippen LogP contribution in [0, 0.1) is 0 Å². The van der Waals surface area contributed by atoms with Crippen molar-refractivity contribution < 1.29 is 19.7 Å². The zero-order valence-corrected chi connectivity index (χ0v) is 6.62. The van der Waals surface area contributed by atoms with E-state index in [1.165, 1.54) is 0 Å². The molecule has 11 heavy (non-hydrogen) atoms. The fourth-order valence-electron chi connectivity index (χ4n) is 0.554. The van der Waals surface area contributed by atoms with Crippen LogP contribution in [-0.4, -0.2) is 29.1 Å². The van der Waals surface area contributed by atoms with Gasteiger partial charge in [-0.05, 0) is 6.42 Å². The van der Waals surface area contributed by atoms with E-state index in [4.69, 9.17) is 10.2 Å². The van der Waals surface area contributed by atoms with Crippen LogP contribution in [0.4, 0.5) is 0 Å². The van der Waals surface area contributed by atoms with E-state index in [2.05, 4.69) is 4.74 Å². The third-order valence-corrected chi connectivity index (χ3v) is 1.09. The molecule has 0 aliphatic carbocycles. The van der Waals surface area contributed by atoms with E-state index >= 15 is 0 Å². The van der Waals surface area contributed by atoms with Gasteiger partial charge in [0.15, 0.2) is 6.29 Å². The molecule has 0 heterocycles. The van der Waals surface area contributed by atoms with Crippen molar-refractivity contribution in [2.45, 2.75) is 32.5 Å². The minimum Gasteiger partial charge on any atom is -0.465 e. The van der Waals surface area contributed by atoms with Gasteiger partial charge in [0.2, 0.25) is 0 Å². The zero-order chi connectivity index (χ0) is 8.69. The molecule has 0 aromatic rings. The lowest BCUT2D eigenvalue weighted by Crippen LogP contribution is -2.12. The van der Waals surface area contributed by atoms with Gasteiger partial charge >= 0.3 is 5.97 Å². The number of aliphatic hydroxyl groups excluding tert-OH is 1. The lowest BCUT2D eigenvalue weighted by molar-refractivity contribution is -0.146.